The van der Waals surface area contributed by atoms with Gasteiger partial charge in [-0.3, -0.25) is 4.79 Å². The Hall–Kier alpha value is -1.56. The molecular formula is C10H9F3O3. The fourth-order valence-electron chi connectivity index (χ4n) is 1.19. The van der Waals surface area contributed by atoms with Crippen molar-refractivity contribution in [3.63, 3.8) is 0 Å². The number of hydrogen-bond donors (Lipinski definition) is 1. The highest BCUT2D eigenvalue weighted by Crippen LogP contribution is 2.25. The van der Waals surface area contributed by atoms with Crippen LogP contribution in [0.4, 0.5) is 13.2 Å². The Morgan fingerprint density at radius 3 is 2.50 bits per heavy atom. The Balaban J connectivity index is 3.03. The zero-order chi connectivity index (χ0) is 12.3. The quantitative estimate of drug-likeness (QED) is 0.639. The zero-order valence-corrected chi connectivity index (χ0v) is 8.34. The fraction of sp³-hybridized carbons (Fsp3) is 0.300. The maximum atomic E-state index is 13.1. The number of rotatable bonds is 3. The van der Waals surface area contributed by atoms with Crippen molar-refractivity contribution in [1.29, 1.82) is 0 Å². The van der Waals surface area contributed by atoms with Crippen LogP contribution in [-0.2, 0) is 9.53 Å². The summed E-state index contributed by atoms with van der Waals surface area (Å²) in [5, 5.41) is 9.36. The van der Waals surface area contributed by atoms with Gasteiger partial charge in [0.05, 0.1) is 25.2 Å². The Morgan fingerprint density at radius 2 is 1.94 bits per heavy atom. The van der Waals surface area contributed by atoms with Crippen molar-refractivity contribution in [3.05, 3.63) is 35.1 Å². The minimum absolute atomic E-state index is 0.596. The number of methoxy groups -OCH3 is 1. The summed E-state index contributed by atoms with van der Waals surface area (Å²) in [6.07, 6.45) is -2.42. The van der Waals surface area contributed by atoms with Crippen molar-refractivity contribution in [3.8, 4) is 0 Å². The van der Waals surface area contributed by atoms with Gasteiger partial charge >= 0.3 is 5.97 Å². The standard InChI is InChI=1S/C10H9F3O3/c1-16-8(15)4-7(14)9-5(11)2-3-6(12)10(9)13/h2-3,7,14H,4H2,1H3/t7-/m0/s1. The second-order valence-corrected chi connectivity index (χ2v) is 3.05. The van der Waals surface area contributed by atoms with Crippen molar-refractivity contribution in [2.24, 2.45) is 0 Å². The van der Waals surface area contributed by atoms with Gasteiger partial charge in [-0.1, -0.05) is 0 Å². The molecule has 16 heavy (non-hydrogen) atoms. The number of ether oxygens (including phenoxy) is 1. The van der Waals surface area contributed by atoms with Gasteiger partial charge in [-0.25, -0.2) is 13.2 Å². The van der Waals surface area contributed by atoms with Crippen molar-refractivity contribution in [2.75, 3.05) is 7.11 Å². The van der Waals surface area contributed by atoms with Gasteiger partial charge < -0.3 is 9.84 Å². The van der Waals surface area contributed by atoms with Crippen molar-refractivity contribution in [1.82, 2.24) is 0 Å². The molecule has 0 saturated heterocycles. The maximum Gasteiger partial charge on any atom is 0.308 e. The first-order valence-corrected chi connectivity index (χ1v) is 4.35. The Morgan fingerprint density at radius 1 is 1.38 bits per heavy atom. The van der Waals surface area contributed by atoms with E-state index in [2.05, 4.69) is 4.74 Å². The number of aliphatic hydroxyl groups is 1. The molecule has 0 unspecified atom stereocenters. The van der Waals surface area contributed by atoms with E-state index in [0.29, 0.717) is 12.1 Å². The van der Waals surface area contributed by atoms with E-state index in [9.17, 15) is 23.1 Å². The number of aliphatic hydroxyl groups excluding tert-OH is 1. The van der Waals surface area contributed by atoms with Crippen LogP contribution in [0.3, 0.4) is 0 Å². The first kappa shape index (κ1) is 12.5. The molecule has 1 N–H and O–H groups in total. The van der Waals surface area contributed by atoms with E-state index in [0.717, 1.165) is 7.11 Å². The molecule has 0 aromatic heterocycles. The van der Waals surface area contributed by atoms with Crippen LogP contribution in [-0.4, -0.2) is 18.2 Å². The molecule has 3 nitrogen and oxygen atoms in total. The summed E-state index contributed by atoms with van der Waals surface area (Å²) in [6, 6.07) is 1.27. The topological polar surface area (TPSA) is 46.5 Å². The van der Waals surface area contributed by atoms with Gasteiger partial charge in [0.15, 0.2) is 11.6 Å². The van der Waals surface area contributed by atoms with Gasteiger partial charge in [0.1, 0.15) is 5.82 Å². The summed E-state index contributed by atoms with van der Waals surface area (Å²) in [5.74, 6) is -4.76. The van der Waals surface area contributed by atoms with Crippen LogP contribution in [0.2, 0.25) is 0 Å². The second-order valence-electron chi connectivity index (χ2n) is 3.05. The normalized spacial score (nSPS) is 12.3. The number of hydrogen-bond acceptors (Lipinski definition) is 3. The van der Waals surface area contributed by atoms with Crippen LogP contribution in [0.1, 0.15) is 18.1 Å². The van der Waals surface area contributed by atoms with Gasteiger partial charge in [-0.2, -0.15) is 0 Å². The number of halogens is 3. The molecule has 0 radical (unpaired) electrons. The van der Waals surface area contributed by atoms with Gasteiger partial charge in [0, 0.05) is 0 Å². The van der Waals surface area contributed by atoms with Gasteiger partial charge in [-0.05, 0) is 12.1 Å². The molecule has 1 aromatic rings. The van der Waals surface area contributed by atoms with Crippen molar-refractivity contribution in [2.45, 2.75) is 12.5 Å². The van der Waals surface area contributed by atoms with Gasteiger partial charge in [-0.15, -0.1) is 0 Å². The highest BCUT2D eigenvalue weighted by molar-refractivity contribution is 5.70. The molecule has 0 aliphatic rings. The molecule has 1 atom stereocenters. The SMILES string of the molecule is COC(=O)C[C@H](O)c1c(F)ccc(F)c1F. The largest absolute Gasteiger partial charge is 0.469 e. The van der Waals surface area contributed by atoms with Crippen molar-refractivity contribution >= 4 is 5.97 Å². The first-order valence-electron chi connectivity index (χ1n) is 4.35. The van der Waals surface area contributed by atoms with E-state index in [4.69, 9.17) is 0 Å². The molecule has 0 spiro atoms. The minimum Gasteiger partial charge on any atom is -0.469 e. The van der Waals surface area contributed by atoms with Crippen LogP contribution in [0.15, 0.2) is 12.1 Å². The Labute approximate surface area is 89.5 Å². The lowest BCUT2D eigenvalue weighted by Crippen LogP contribution is -2.12. The predicted molar refractivity (Wildman–Crippen MR) is 47.9 cm³/mol. The molecule has 0 saturated carbocycles. The third kappa shape index (κ3) is 2.52. The average Bonchev–Trinajstić information content (AvgIpc) is 2.24. The number of benzene rings is 1. The third-order valence-corrected chi connectivity index (χ3v) is 2.00. The molecule has 1 aromatic carbocycles. The number of carbonyl (C=O) groups is 1. The molecule has 0 aliphatic carbocycles. The maximum absolute atomic E-state index is 13.1. The smallest absolute Gasteiger partial charge is 0.308 e. The summed E-state index contributed by atoms with van der Waals surface area (Å²) < 4.78 is 43.2. The fourth-order valence-corrected chi connectivity index (χ4v) is 1.19. The molecule has 0 bridgehead atoms. The van der Waals surface area contributed by atoms with Crippen LogP contribution in [0.25, 0.3) is 0 Å². The van der Waals surface area contributed by atoms with E-state index in [1.807, 2.05) is 0 Å². The highest BCUT2D eigenvalue weighted by atomic mass is 19.2. The van der Waals surface area contributed by atoms with E-state index < -0.39 is 41.5 Å². The summed E-state index contributed by atoms with van der Waals surface area (Å²) >= 11 is 0. The summed E-state index contributed by atoms with van der Waals surface area (Å²) in [6.45, 7) is 0. The van der Waals surface area contributed by atoms with Crippen LogP contribution < -0.4 is 0 Å². The molecule has 0 heterocycles. The Kier molecular flexibility index (Phi) is 3.89. The number of carbonyl (C=O) groups excluding carboxylic acids is 1. The minimum atomic E-state index is -1.77. The van der Waals surface area contributed by atoms with Gasteiger partial charge in [0.25, 0.3) is 0 Å². The molecule has 6 heteroatoms. The third-order valence-electron chi connectivity index (χ3n) is 2.00. The van der Waals surface area contributed by atoms with Crippen molar-refractivity contribution < 1.29 is 27.8 Å². The van der Waals surface area contributed by atoms with E-state index >= 15 is 0 Å². The van der Waals surface area contributed by atoms with Gasteiger partial charge in [0.2, 0.25) is 0 Å². The number of esters is 1. The lowest BCUT2D eigenvalue weighted by Gasteiger charge is -2.11. The molecule has 0 amide bonds. The summed E-state index contributed by atoms with van der Waals surface area (Å²) in [4.78, 5) is 10.8. The molecule has 0 aliphatic heterocycles. The Bertz CT molecular complexity index is 407. The predicted octanol–water partition coefficient (Wildman–Crippen LogP) is 1.70. The van der Waals surface area contributed by atoms with E-state index in [1.54, 1.807) is 0 Å². The van der Waals surface area contributed by atoms with Crippen LogP contribution in [0.5, 0.6) is 0 Å². The molecule has 1 rings (SSSR count). The molecular weight excluding hydrogens is 225 g/mol. The lowest BCUT2D eigenvalue weighted by atomic mass is 10.1. The molecule has 0 fully saturated rings. The first-order chi connectivity index (χ1) is 7.47. The van der Waals surface area contributed by atoms with Crippen LogP contribution in [0, 0.1) is 17.5 Å². The highest BCUT2D eigenvalue weighted by Gasteiger charge is 2.23. The second kappa shape index (κ2) is 4.98. The molecule has 88 valence electrons. The monoisotopic (exact) mass is 234 g/mol. The lowest BCUT2D eigenvalue weighted by molar-refractivity contribution is -0.142. The van der Waals surface area contributed by atoms with Crippen LogP contribution >= 0.6 is 0 Å². The summed E-state index contributed by atoms with van der Waals surface area (Å²) in [7, 11) is 1.06. The average molecular weight is 234 g/mol. The van der Waals surface area contributed by atoms with E-state index in [1.165, 1.54) is 0 Å². The zero-order valence-electron chi connectivity index (χ0n) is 8.34. The summed E-state index contributed by atoms with van der Waals surface area (Å²) in [5.41, 5.74) is -0.870. The van der Waals surface area contributed by atoms with E-state index in [-0.39, 0.29) is 0 Å².